The Morgan fingerprint density at radius 1 is 1.31 bits per heavy atom. The van der Waals surface area contributed by atoms with Gasteiger partial charge in [0, 0.05) is 26.2 Å². The van der Waals surface area contributed by atoms with Crippen molar-refractivity contribution in [1.29, 1.82) is 0 Å². The molecule has 1 fully saturated rings. The van der Waals surface area contributed by atoms with Crippen LogP contribution in [0.1, 0.15) is 39.0 Å². The predicted molar refractivity (Wildman–Crippen MR) is 68.9 cm³/mol. The molecule has 1 aliphatic heterocycles. The van der Waals surface area contributed by atoms with E-state index >= 15 is 0 Å². The summed E-state index contributed by atoms with van der Waals surface area (Å²) in [6, 6.07) is 0. The van der Waals surface area contributed by atoms with E-state index in [0.717, 1.165) is 26.2 Å². The Morgan fingerprint density at radius 2 is 2.19 bits per heavy atom. The zero-order valence-electron chi connectivity index (χ0n) is 11.0. The Balaban J connectivity index is 1.85. The molecule has 3 heteroatoms. The lowest BCUT2D eigenvalue weighted by Gasteiger charge is -2.17. The van der Waals surface area contributed by atoms with Crippen LogP contribution in [0, 0.1) is 0 Å². The normalized spacial score (nSPS) is 20.8. The van der Waals surface area contributed by atoms with Gasteiger partial charge >= 0.3 is 0 Å². The minimum absolute atomic E-state index is 0.477. The first-order valence-electron chi connectivity index (χ1n) is 6.83. The molecule has 1 saturated heterocycles. The fourth-order valence-corrected chi connectivity index (χ4v) is 2.08. The molecule has 1 heterocycles. The van der Waals surface area contributed by atoms with Crippen LogP contribution < -0.4 is 5.32 Å². The maximum Gasteiger partial charge on any atom is 0.0700 e. The summed E-state index contributed by atoms with van der Waals surface area (Å²) in [7, 11) is 2.21. The van der Waals surface area contributed by atoms with E-state index in [0.29, 0.717) is 6.10 Å². The molecule has 0 radical (unpaired) electrons. The average Bonchev–Trinajstić information content (AvgIpc) is 2.78. The number of unbranched alkanes of at least 4 members (excludes halogenated alkanes) is 2. The van der Waals surface area contributed by atoms with Crippen LogP contribution in [0.3, 0.4) is 0 Å². The molecule has 1 aliphatic rings. The zero-order valence-corrected chi connectivity index (χ0v) is 11.0. The third kappa shape index (κ3) is 6.46. The van der Waals surface area contributed by atoms with Gasteiger partial charge in [0.15, 0.2) is 0 Å². The van der Waals surface area contributed by atoms with Gasteiger partial charge in [-0.25, -0.2) is 0 Å². The van der Waals surface area contributed by atoms with Crippen LogP contribution in [0.2, 0.25) is 0 Å². The molecule has 1 rings (SSSR count). The van der Waals surface area contributed by atoms with Crippen molar-refractivity contribution in [3.8, 4) is 0 Å². The number of nitrogens with one attached hydrogen (secondary N) is 1. The molecule has 0 bridgehead atoms. The number of ether oxygens (including phenoxy) is 1. The van der Waals surface area contributed by atoms with Gasteiger partial charge in [0.1, 0.15) is 0 Å². The molecule has 0 amide bonds. The van der Waals surface area contributed by atoms with Gasteiger partial charge in [-0.2, -0.15) is 0 Å². The SMILES string of the molecule is CCCCCN(C)CCNCC1CCCO1. The number of hydrogen-bond acceptors (Lipinski definition) is 3. The van der Waals surface area contributed by atoms with Crippen LogP contribution in [-0.4, -0.2) is 50.8 Å². The minimum Gasteiger partial charge on any atom is -0.377 e. The molecule has 16 heavy (non-hydrogen) atoms. The molecule has 3 nitrogen and oxygen atoms in total. The van der Waals surface area contributed by atoms with Crippen molar-refractivity contribution in [2.45, 2.75) is 45.1 Å². The number of hydrogen-bond donors (Lipinski definition) is 1. The molecule has 1 atom stereocenters. The summed E-state index contributed by atoms with van der Waals surface area (Å²) < 4.78 is 5.56. The van der Waals surface area contributed by atoms with E-state index in [2.05, 4.69) is 24.2 Å². The summed E-state index contributed by atoms with van der Waals surface area (Å²) in [5.41, 5.74) is 0. The highest BCUT2D eigenvalue weighted by atomic mass is 16.5. The molecule has 96 valence electrons. The summed E-state index contributed by atoms with van der Waals surface area (Å²) in [5.74, 6) is 0. The lowest BCUT2D eigenvalue weighted by molar-refractivity contribution is 0.109. The van der Waals surface area contributed by atoms with Crippen LogP contribution in [0.4, 0.5) is 0 Å². The van der Waals surface area contributed by atoms with E-state index < -0.39 is 0 Å². The number of likely N-dealkylation sites (N-methyl/N-ethyl adjacent to an activating group) is 1. The molecule has 0 aromatic heterocycles. The first-order valence-corrected chi connectivity index (χ1v) is 6.83. The smallest absolute Gasteiger partial charge is 0.0700 e. The van der Waals surface area contributed by atoms with Gasteiger partial charge < -0.3 is 15.0 Å². The van der Waals surface area contributed by atoms with Crippen LogP contribution in [0.15, 0.2) is 0 Å². The Bertz CT molecular complexity index is 158. The van der Waals surface area contributed by atoms with Crippen molar-refractivity contribution < 1.29 is 4.74 Å². The quantitative estimate of drug-likeness (QED) is 0.610. The maximum atomic E-state index is 5.56. The lowest BCUT2D eigenvalue weighted by Crippen LogP contribution is -2.34. The van der Waals surface area contributed by atoms with Gasteiger partial charge in [-0.15, -0.1) is 0 Å². The Hall–Kier alpha value is -0.120. The summed E-state index contributed by atoms with van der Waals surface area (Å²) in [6.07, 6.45) is 6.95. The van der Waals surface area contributed by atoms with Crippen LogP contribution >= 0.6 is 0 Å². The van der Waals surface area contributed by atoms with E-state index in [1.54, 1.807) is 0 Å². The average molecular weight is 228 g/mol. The van der Waals surface area contributed by atoms with Gasteiger partial charge in [0.25, 0.3) is 0 Å². The molecular weight excluding hydrogens is 200 g/mol. The topological polar surface area (TPSA) is 24.5 Å². The van der Waals surface area contributed by atoms with E-state index in [-0.39, 0.29) is 0 Å². The van der Waals surface area contributed by atoms with Crippen LogP contribution in [0.25, 0.3) is 0 Å². The van der Waals surface area contributed by atoms with Crippen molar-refractivity contribution in [3.63, 3.8) is 0 Å². The first kappa shape index (κ1) is 13.9. The highest BCUT2D eigenvalue weighted by Crippen LogP contribution is 2.10. The second-order valence-electron chi connectivity index (χ2n) is 4.85. The van der Waals surface area contributed by atoms with Gasteiger partial charge in [-0.3, -0.25) is 0 Å². The minimum atomic E-state index is 0.477. The molecule has 0 aliphatic carbocycles. The summed E-state index contributed by atoms with van der Waals surface area (Å²) in [6.45, 7) is 7.71. The van der Waals surface area contributed by atoms with E-state index in [1.807, 2.05) is 0 Å². The molecule has 0 spiro atoms. The van der Waals surface area contributed by atoms with Gasteiger partial charge in [-0.1, -0.05) is 19.8 Å². The van der Waals surface area contributed by atoms with E-state index in [9.17, 15) is 0 Å². The third-order valence-electron chi connectivity index (χ3n) is 3.21. The Morgan fingerprint density at radius 3 is 2.88 bits per heavy atom. The van der Waals surface area contributed by atoms with Crippen molar-refractivity contribution in [2.75, 3.05) is 39.8 Å². The van der Waals surface area contributed by atoms with Crippen molar-refractivity contribution in [2.24, 2.45) is 0 Å². The van der Waals surface area contributed by atoms with Gasteiger partial charge in [0.2, 0.25) is 0 Å². The van der Waals surface area contributed by atoms with Crippen molar-refractivity contribution in [3.05, 3.63) is 0 Å². The zero-order chi connectivity index (χ0) is 11.6. The van der Waals surface area contributed by atoms with E-state index in [1.165, 1.54) is 38.6 Å². The fourth-order valence-electron chi connectivity index (χ4n) is 2.08. The van der Waals surface area contributed by atoms with Crippen LogP contribution in [0.5, 0.6) is 0 Å². The highest BCUT2D eigenvalue weighted by molar-refractivity contribution is 4.67. The Kier molecular flexibility index (Phi) is 7.81. The summed E-state index contributed by atoms with van der Waals surface area (Å²) in [4.78, 5) is 2.41. The third-order valence-corrected chi connectivity index (χ3v) is 3.21. The van der Waals surface area contributed by atoms with Crippen molar-refractivity contribution in [1.82, 2.24) is 10.2 Å². The van der Waals surface area contributed by atoms with Crippen molar-refractivity contribution >= 4 is 0 Å². The Labute approximate surface area is 101 Å². The molecular formula is C13H28N2O. The number of rotatable bonds is 9. The van der Waals surface area contributed by atoms with Gasteiger partial charge in [0.05, 0.1) is 6.10 Å². The van der Waals surface area contributed by atoms with Gasteiger partial charge in [-0.05, 0) is 32.9 Å². The van der Waals surface area contributed by atoms with E-state index in [4.69, 9.17) is 4.74 Å². The van der Waals surface area contributed by atoms with Crippen LogP contribution in [-0.2, 0) is 4.74 Å². The molecule has 0 aromatic carbocycles. The second-order valence-corrected chi connectivity index (χ2v) is 4.85. The molecule has 0 saturated carbocycles. The highest BCUT2D eigenvalue weighted by Gasteiger charge is 2.14. The first-order chi connectivity index (χ1) is 7.83. The monoisotopic (exact) mass is 228 g/mol. The summed E-state index contributed by atoms with van der Waals surface area (Å²) >= 11 is 0. The fraction of sp³-hybridized carbons (Fsp3) is 1.00. The molecule has 1 N–H and O–H groups in total. The largest absolute Gasteiger partial charge is 0.377 e. The maximum absolute atomic E-state index is 5.56. The second kappa shape index (κ2) is 8.97. The predicted octanol–water partition coefficient (Wildman–Crippen LogP) is 1.88. The lowest BCUT2D eigenvalue weighted by atomic mass is 10.2. The number of nitrogens with zero attached hydrogens (tertiary/aromatic N) is 1. The molecule has 0 aromatic rings. The summed E-state index contributed by atoms with van der Waals surface area (Å²) in [5, 5.41) is 3.48. The molecule has 1 unspecified atom stereocenters. The standard InChI is InChI=1S/C13H28N2O/c1-3-4-5-9-15(2)10-8-14-12-13-7-6-11-16-13/h13-14H,3-12H2,1-2H3.